The van der Waals surface area contributed by atoms with Crippen molar-refractivity contribution < 1.29 is 45.8 Å². The molecule has 0 radical (unpaired) electrons. The number of hydrogen-bond donors (Lipinski definition) is 6. The number of amides is 2. The Labute approximate surface area is 286 Å². The predicted molar refractivity (Wildman–Crippen MR) is 174 cm³/mol. The molecular formula is C34H44F6N6O4. The van der Waals surface area contributed by atoms with E-state index < -0.39 is 41.8 Å². The van der Waals surface area contributed by atoms with Crippen LogP contribution in [0.2, 0.25) is 0 Å². The van der Waals surface area contributed by atoms with Crippen LogP contribution in [0.15, 0.2) is 48.5 Å². The first kappa shape index (κ1) is 40.1. The SMILES string of the molecule is N=C(N)N1CCC(CNC(=O)[C@@H](NC(=O)C(Cc2ccc(CN)cc2)c2cccc(C(F)(F)F)c2)C2CCCCC2)CC1.O=C(O)C(F)(F)F. The Bertz CT molecular complexity index is 1440. The molecule has 16 heteroatoms. The molecule has 2 atom stereocenters. The summed E-state index contributed by atoms with van der Waals surface area (Å²) in [5, 5.41) is 20.8. The maximum Gasteiger partial charge on any atom is 0.490 e. The number of nitrogens with two attached hydrogens (primary N) is 2. The van der Waals surface area contributed by atoms with Crippen LogP contribution in [-0.2, 0) is 33.5 Å². The monoisotopic (exact) mass is 714 g/mol. The fraction of sp³-hybridized carbons (Fsp3) is 0.529. The van der Waals surface area contributed by atoms with Crippen molar-refractivity contribution in [2.45, 2.75) is 82.2 Å². The summed E-state index contributed by atoms with van der Waals surface area (Å²) >= 11 is 0. The summed E-state index contributed by atoms with van der Waals surface area (Å²) in [6.07, 6.45) is -3.30. The number of likely N-dealkylation sites (tertiary alicyclic amines) is 1. The number of piperidine rings is 1. The molecule has 0 bridgehead atoms. The number of halogens is 6. The predicted octanol–water partition coefficient (Wildman–Crippen LogP) is 4.91. The van der Waals surface area contributed by atoms with Crippen molar-refractivity contribution >= 4 is 23.7 Å². The second-order valence-electron chi connectivity index (χ2n) is 12.6. The van der Waals surface area contributed by atoms with E-state index in [-0.39, 0.29) is 35.7 Å². The lowest BCUT2D eigenvalue weighted by Crippen LogP contribution is -2.53. The topological polar surface area (TPSA) is 175 Å². The molecule has 1 aliphatic carbocycles. The van der Waals surface area contributed by atoms with Gasteiger partial charge < -0.3 is 32.1 Å². The number of carbonyl (C=O) groups excluding carboxylic acids is 2. The van der Waals surface area contributed by atoms with Crippen LogP contribution < -0.4 is 22.1 Å². The molecule has 2 aliphatic rings. The number of rotatable bonds is 10. The van der Waals surface area contributed by atoms with Gasteiger partial charge in [0.15, 0.2) is 5.96 Å². The normalized spacial score (nSPS) is 17.1. The molecule has 1 unspecified atom stereocenters. The lowest BCUT2D eigenvalue weighted by molar-refractivity contribution is -0.192. The van der Waals surface area contributed by atoms with E-state index in [4.69, 9.17) is 26.8 Å². The van der Waals surface area contributed by atoms with Crippen LogP contribution in [0.3, 0.4) is 0 Å². The van der Waals surface area contributed by atoms with E-state index in [2.05, 4.69) is 10.6 Å². The number of aliphatic carboxylic acids is 1. The Morgan fingerprint density at radius 3 is 2.00 bits per heavy atom. The number of guanidine groups is 1. The van der Waals surface area contributed by atoms with E-state index in [1.54, 1.807) is 4.90 Å². The van der Waals surface area contributed by atoms with Crippen molar-refractivity contribution in [1.82, 2.24) is 15.5 Å². The van der Waals surface area contributed by atoms with E-state index in [9.17, 15) is 35.9 Å². The smallest absolute Gasteiger partial charge is 0.475 e. The number of alkyl halides is 6. The molecule has 1 aliphatic heterocycles. The molecule has 1 saturated heterocycles. The first-order valence-electron chi connectivity index (χ1n) is 16.4. The molecule has 8 N–H and O–H groups in total. The standard InChI is InChI=1S/C32H43F3N6O2.C2HF3O2/c33-32(34,35)26-8-4-7-25(18-26)27(17-21-9-11-22(19-36)12-10-21)29(42)40-28(24-5-2-1-3-6-24)30(43)39-20-23-13-15-41(16-14-23)31(37)38;3-2(4,5)1(6)7/h4,7-12,18,23-24,27-28H,1-3,5-6,13-17,19-20,36H2,(H3,37,38)(H,39,43)(H,40,42);(H,6,7)/t27?,28-;/m0./s1. The van der Waals surface area contributed by atoms with Gasteiger partial charge in [-0.3, -0.25) is 15.0 Å². The first-order valence-corrected chi connectivity index (χ1v) is 16.4. The van der Waals surface area contributed by atoms with Crippen LogP contribution in [0.25, 0.3) is 0 Å². The van der Waals surface area contributed by atoms with Gasteiger partial charge in [-0.25, -0.2) is 4.79 Å². The van der Waals surface area contributed by atoms with Crippen LogP contribution in [-0.4, -0.2) is 65.6 Å². The van der Waals surface area contributed by atoms with Gasteiger partial charge in [-0.1, -0.05) is 61.7 Å². The van der Waals surface area contributed by atoms with Crippen molar-refractivity contribution in [2.24, 2.45) is 23.3 Å². The zero-order chi connectivity index (χ0) is 37.1. The molecule has 4 rings (SSSR count). The van der Waals surface area contributed by atoms with Gasteiger partial charge in [-0.2, -0.15) is 26.3 Å². The zero-order valence-electron chi connectivity index (χ0n) is 27.5. The minimum absolute atomic E-state index is 0.0493. The van der Waals surface area contributed by atoms with Crippen molar-refractivity contribution in [2.75, 3.05) is 19.6 Å². The maximum atomic E-state index is 14.0. The van der Waals surface area contributed by atoms with E-state index in [1.165, 1.54) is 12.1 Å². The summed E-state index contributed by atoms with van der Waals surface area (Å²) in [5.41, 5.74) is 12.4. The number of nitrogens with zero attached hydrogens (tertiary/aromatic N) is 1. The van der Waals surface area contributed by atoms with Crippen molar-refractivity contribution in [3.63, 3.8) is 0 Å². The van der Waals surface area contributed by atoms with Crippen molar-refractivity contribution in [3.05, 3.63) is 70.8 Å². The van der Waals surface area contributed by atoms with Gasteiger partial charge >= 0.3 is 18.3 Å². The molecule has 50 heavy (non-hydrogen) atoms. The Morgan fingerprint density at radius 2 is 1.48 bits per heavy atom. The van der Waals surface area contributed by atoms with E-state index >= 15 is 0 Å². The Hall–Kier alpha value is -4.34. The Kier molecular flexibility index (Phi) is 14.5. The molecule has 276 valence electrons. The second kappa shape index (κ2) is 18.1. The van der Waals surface area contributed by atoms with Crippen LogP contribution >= 0.6 is 0 Å². The lowest BCUT2D eigenvalue weighted by atomic mass is 9.82. The Balaban J connectivity index is 0.000000872. The number of carboxylic acid groups (broad SMARTS) is 1. The van der Waals surface area contributed by atoms with Crippen LogP contribution in [0.5, 0.6) is 0 Å². The summed E-state index contributed by atoms with van der Waals surface area (Å²) in [4.78, 5) is 38.3. The average molecular weight is 715 g/mol. The highest BCUT2D eigenvalue weighted by Crippen LogP contribution is 2.33. The molecule has 1 saturated carbocycles. The maximum absolute atomic E-state index is 14.0. The summed E-state index contributed by atoms with van der Waals surface area (Å²) in [7, 11) is 0. The van der Waals surface area contributed by atoms with Gasteiger partial charge in [0, 0.05) is 26.2 Å². The fourth-order valence-electron chi connectivity index (χ4n) is 6.19. The summed E-state index contributed by atoms with van der Waals surface area (Å²) in [6, 6.07) is 11.5. The number of hydrogen-bond acceptors (Lipinski definition) is 5. The van der Waals surface area contributed by atoms with Gasteiger partial charge in [-0.15, -0.1) is 0 Å². The molecule has 2 fully saturated rings. The zero-order valence-corrected chi connectivity index (χ0v) is 27.5. The summed E-state index contributed by atoms with van der Waals surface area (Å²) in [6.45, 7) is 2.12. The highest BCUT2D eigenvalue weighted by atomic mass is 19.4. The van der Waals surface area contributed by atoms with Crippen molar-refractivity contribution in [3.8, 4) is 0 Å². The van der Waals surface area contributed by atoms with Crippen LogP contribution in [0.1, 0.15) is 73.1 Å². The van der Waals surface area contributed by atoms with Crippen LogP contribution in [0.4, 0.5) is 26.3 Å². The molecule has 0 aromatic heterocycles. The number of carboxylic acids is 1. The quantitative estimate of drug-likeness (QED) is 0.115. The summed E-state index contributed by atoms with van der Waals surface area (Å²) in [5.74, 6) is -4.19. The fourth-order valence-corrected chi connectivity index (χ4v) is 6.19. The highest BCUT2D eigenvalue weighted by molar-refractivity contribution is 5.91. The summed E-state index contributed by atoms with van der Waals surface area (Å²) < 4.78 is 72.6. The second-order valence-corrected chi connectivity index (χ2v) is 12.6. The van der Waals surface area contributed by atoms with Crippen LogP contribution in [0, 0.1) is 17.2 Å². The van der Waals surface area contributed by atoms with Gasteiger partial charge in [0.05, 0.1) is 11.5 Å². The molecular weight excluding hydrogens is 670 g/mol. The van der Waals surface area contributed by atoms with Gasteiger partial charge in [0.25, 0.3) is 0 Å². The minimum Gasteiger partial charge on any atom is -0.475 e. The molecule has 2 aromatic carbocycles. The number of nitrogens with one attached hydrogen (secondary N) is 3. The van der Waals surface area contributed by atoms with E-state index in [0.717, 1.165) is 68.2 Å². The molecule has 0 spiro atoms. The average Bonchev–Trinajstić information content (AvgIpc) is 3.08. The van der Waals surface area contributed by atoms with Gasteiger partial charge in [0.1, 0.15) is 6.04 Å². The highest BCUT2D eigenvalue weighted by Gasteiger charge is 2.38. The minimum atomic E-state index is -5.08. The largest absolute Gasteiger partial charge is 0.490 e. The lowest BCUT2D eigenvalue weighted by Gasteiger charge is -2.34. The third-order valence-electron chi connectivity index (χ3n) is 9.10. The van der Waals surface area contributed by atoms with E-state index in [0.29, 0.717) is 26.2 Å². The van der Waals surface area contributed by atoms with E-state index in [1.807, 2.05) is 24.3 Å². The van der Waals surface area contributed by atoms with Gasteiger partial charge in [0.2, 0.25) is 11.8 Å². The molecule has 2 amide bonds. The van der Waals surface area contributed by atoms with Crippen molar-refractivity contribution in [1.29, 1.82) is 5.41 Å². The molecule has 2 aromatic rings. The molecule has 10 nitrogen and oxygen atoms in total. The number of benzene rings is 2. The van der Waals surface area contributed by atoms with Gasteiger partial charge in [-0.05, 0) is 66.7 Å². The molecule has 1 heterocycles. The third-order valence-corrected chi connectivity index (χ3v) is 9.10. The number of carbonyl (C=O) groups is 3. The third kappa shape index (κ3) is 12.2. The Morgan fingerprint density at radius 1 is 0.900 bits per heavy atom. The first-order chi connectivity index (χ1) is 23.5.